The second kappa shape index (κ2) is 8.23. The molecule has 0 bridgehead atoms. The molecule has 1 amide bonds. The molecule has 0 aromatic rings. The van der Waals surface area contributed by atoms with Crippen molar-refractivity contribution in [2.75, 3.05) is 13.2 Å². The summed E-state index contributed by atoms with van der Waals surface area (Å²) < 4.78 is 220. The number of hydrogen-bond donors (Lipinski definition) is 2. The molecule has 20 heteroatoms. The maximum atomic E-state index is 13.4. The van der Waals surface area contributed by atoms with E-state index in [0.717, 1.165) is 0 Å². The predicted octanol–water partition coefficient (Wildman–Crippen LogP) is 4.49. The summed E-state index contributed by atoms with van der Waals surface area (Å²) >= 11 is 0. The van der Waals surface area contributed by atoms with Gasteiger partial charge in [0, 0.05) is 13.2 Å². The zero-order valence-corrected chi connectivity index (χ0v) is 14.4. The first-order chi connectivity index (χ1) is 13.7. The fourth-order valence-corrected chi connectivity index (χ4v) is 1.70. The van der Waals surface area contributed by atoms with Gasteiger partial charge in [-0.15, -0.1) is 0 Å². The van der Waals surface area contributed by atoms with E-state index >= 15 is 0 Å². The molecule has 0 atom stereocenters. The number of carbonyl (C=O) groups excluding carboxylic acids is 1. The van der Waals surface area contributed by atoms with Gasteiger partial charge in [0.1, 0.15) is 0 Å². The molecule has 0 radical (unpaired) electrons. The van der Waals surface area contributed by atoms with Gasteiger partial charge < -0.3 is 10.4 Å². The second-order valence-electron chi connectivity index (χ2n) is 5.85. The highest BCUT2D eigenvalue weighted by atomic mass is 19.4. The lowest BCUT2D eigenvalue weighted by Crippen LogP contribution is -2.75. The molecular formula is C12H8F17NO2. The monoisotopic (exact) mass is 521 g/mol. The number of amides is 1. The minimum absolute atomic E-state index is 0.655. The lowest BCUT2D eigenvalue weighted by atomic mass is 9.89. The van der Waals surface area contributed by atoms with E-state index in [1.54, 1.807) is 0 Å². The molecule has 0 saturated carbocycles. The molecule has 0 aliphatic rings. The standard InChI is InChI=1S/C12H8F17NO2/c13-5(14,4(32)30-2-1-3-31)6(15,16)7(17,18)8(19,20)9(21,22)10(23,24)11(25,26)12(27,28)29/h31H,1-3H2,(H,30,32). The Morgan fingerprint density at radius 3 is 1.19 bits per heavy atom. The Bertz CT molecular complexity index is 684. The number of nitrogens with one attached hydrogen (secondary N) is 1. The van der Waals surface area contributed by atoms with Crippen LogP contribution < -0.4 is 5.32 Å². The summed E-state index contributed by atoms with van der Waals surface area (Å²) in [4.78, 5) is 10.9. The highest BCUT2D eigenvalue weighted by molar-refractivity contribution is 5.84. The summed E-state index contributed by atoms with van der Waals surface area (Å²) in [6.07, 6.45) is -8.57. The third kappa shape index (κ3) is 4.02. The summed E-state index contributed by atoms with van der Waals surface area (Å²) in [7, 11) is 0. The molecule has 0 aromatic carbocycles. The van der Waals surface area contributed by atoms with Gasteiger partial charge in [-0.2, -0.15) is 74.6 Å². The molecule has 0 aliphatic carbocycles. The maximum Gasteiger partial charge on any atom is 0.460 e. The van der Waals surface area contributed by atoms with Gasteiger partial charge in [-0.05, 0) is 6.42 Å². The van der Waals surface area contributed by atoms with E-state index in [1.807, 2.05) is 0 Å². The summed E-state index contributed by atoms with van der Waals surface area (Å²) in [6, 6.07) is 0. The number of rotatable bonds is 10. The topological polar surface area (TPSA) is 49.3 Å². The van der Waals surface area contributed by atoms with Crippen molar-refractivity contribution in [3.05, 3.63) is 0 Å². The molecule has 0 unspecified atom stereocenters. The first kappa shape index (κ1) is 30.2. The van der Waals surface area contributed by atoms with Crippen molar-refractivity contribution in [1.82, 2.24) is 5.32 Å². The van der Waals surface area contributed by atoms with Crippen molar-refractivity contribution >= 4 is 5.91 Å². The van der Waals surface area contributed by atoms with Crippen molar-refractivity contribution in [2.24, 2.45) is 0 Å². The summed E-state index contributed by atoms with van der Waals surface area (Å²) in [5.74, 6) is -61.6. The Hall–Kier alpha value is -1.76. The summed E-state index contributed by atoms with van der Waals surface area (Å²) in [5, 5.41) is 8.92. The number of aliphatic hydroxyl groups is 1. The molecule has 0 rings (SSSR count). The molecule has 3 nitrogen and oxygen atoms in total. The van der Waals surface area contributed by atoms with Gasteiger partial charge in [0.15, 0.2) is 0 Å². The third-order valence-corrected chi connectivity index (χ3v) is 3.63. The lowest BCUT2D eigenvalue weighted by Gasteiger charge is -2.42. The number of alkyl halides is 17. The fraction of sp³-hybridized carbons (Fsp3) is 0.917. The number of aliphatic hydroxyl groups excluding tert-OH is 1. The van der Waals surface area contributed by atoms with Crippen LogP contribution >= 0.6 is 0 Å². The average Bonchev–Trinajstić information content (AvgIpc) is 2.59. The first-order valence-electron chi connectivity index (χ1n) is 7.34. The van der Waals surface area contributed by atoms with E-state index in [-0.39, 0.29) is 0 Å². The first-order valence-corrected chi connectivity index (χ1v) is 7.34. The zero-order chi connectivity index (χ0) is 26.4. The highest BCUT2D eigenvalue weighted by Gasteiger charge is 2.95. The van der Waals surface area contributed by atoms with Crippen molar-refractivity contribution in [3.63, 3.8) is 0 Å². The van der Waals surface area contributed by atoms with Gasteiger partial charge >= 0.3 is 47.6 Å². The second-order valence-corrected chi connectivity index (χ2v) is 5.85. The number of carbonyl (C=O) groups is 1. The van der Waals surface area contributed by atoms with Gasteiger partial charge in [-0.1, -0.05) is 0 Å². The SMILES string of the molecule is O=C(NCCCO)C(F)(F)C(F)(F)C(F)(F)C(F)(F)C(F)(F)C(F)(F)C(F)(F)C(F)(F)F. The summed E-state index contributed by atoms with van der Waals surface area (Å²) in [6.45, 7) is -2.18. The molecule has 192 valence electrons. The predicted molar refractivity (Wildman–Crippen MR) is 65.4 cm³/mol. The fourth-order valence-electron chi connectivity index (χ4n) is 1.70. The van der Waals surface area contributed by atoms with Crippen LogP contribution in [0.4, 0.5) is 74.6 Å². The molecule has 0 fully saturated rings. The molecule has 0 saturated heterocycles. The zero-order valence-electron chi connectivity index (χ0n) is 14.4. The van der Waals surface area contributed by atoms with Crippen LogP contribution in [0.2, 0.25) is 0 Å². The van der Waals surface area contributed by atoms with Crippen molar-refractivity contribution in [2.45, 2.75) is 54.1 Å². The van der Waals surface area contributed by atoms with Gasteiger partial charge in [0.2, 0.25) is 0 Å². The molecule has 0 aliphatic heterocycles. The van der Waals surface area contributed by atoms with E-state index in [1.165, 1.54) is 0 Å². The van der Waals surface area contributed by atoms with Crippen LogP contribution in [-0.2, 0) is 4.79 Å². The molecular weight excluding hydrogens is 513 g/mol. The van der Waals surface area contributed by atoms with Crippen LogP contribution in [0.5, 0.6) is 0 Å². The number of hydrogen-bond acceptors (Lipinski definition) is 2. The quantitative estimate of drug-likeness (QED) is 0.329. The third-order valence-electron chi connectivity index (χ3n) is 3.63. The minimum atomic E-state index is -8.74. The van der Waals surface area contributed by atoms with Crippen molar-refractivity contribution < 1.29 is 84.5 Å². The molecule has 0 spiro atoms. The Labute approximate surface area is 164 Å². The average molecular weight is 521 g/mol. The Kier molecular flexibility index (Phi) is 7.77. The van der Waals surface area contributed by atoms with Crippen LogP contribution in [0, 0.1) is 0 Å². The van der Waals surface area contributed by atoms with Crippen LogP contribution in [0.1, 0.15) is 6.42 Å². The van der Waals surface area contributed by atoms with E-state index in [0.29, 0.717) is 5.32 Å². The molecule has 0 heterocycles. The lowest BCUT2D eigenvalue weighted by molar-refractivity contribution is -0.459. The molecule has 2 N–H and O–H groups in total. The van der Waals surface area contributed by atoms with Gasteiger partial charge in [0.25, 0.3) is 5.91 Å². The van der Waals surface area contributed by atoms with E-state index in [4.69, 9.17) is 5.11 Å². The van der Waals surface area contributed by atoms with Crippen LogP contribution in [-0.4, -0.2) is 71.8 Å². The Morgan fingerprint density at radius 1 is 0.562 bits per heavy atom. The van der Waals surface area contributed by atoms with Crippen molar-refractivity contribution in [3.8, 4) is 0 Å². The number of halogens is 17. The Balaban J connectivity index is 6.56. The van der Waals surface area contributed by atoms with Crippen LogP contribution in [0.25, 0.3) is 0 Å². The molecule has 32 heavy (non-hydrogen) atoms. The highest BCUT2D eigenvalue weighted by Crippen LogP contribution is 2.63. The van der Waals surface area contributed by atoms with Crippen molar-refractivity contribution in [1.29, 1.82) is 0 Å². The maximum absolute atomic E-state index is 13.4. The van der Waals surface area contributed by atoms with E-state index in [9.17, 15) is 79.4 Å². The van der Waals surface area contributed by atoms with Gasteiger partial charge in [0.05, 0.1) is 0 Å². The normalized spacial score (nSPS) is 15.7. The van der Waals surface area contributed by atoms with E-state index in [2.05, 4.69) is 0 Å². The smallest absolute Gasteiger partial charge is 0.396 e. The Morgan fingerprint density at radius 2 is 0.875 bits per heavy atom. The van der Waals surface area contributed by atoms with E-state index < -0.39 is 73.1 Å². The van der Waals surface area contributed by atoms with Crippen LogP contribution in [0.3, 0.4) is 0 Å². The van der Waals surface area contributed by atoms with Gasteiger partial charge in [-0.3, -0.25) is 4.79 Å². The van der Waals surface area contributed by atoms with Crippen LogP contribution in [0.15, 0.2) is 0 Å². The minimum Gasteiger partial charge on any atom is -0.396 e. The summed E-state index contributed by atoms with van der Waals surface area (Å²) in [5.41, 5.74) is 0. The van der Waals surface area contributed by atoms with Gasteiger partial charge in [-0.25, -0.2) is 0 Å². The molecule has 0 aromatic heterocycles. The largest absolute Gasteiger partial charge is 0.460 e.